The number of hydrogen-bond donors (Lipinski definition) is 3. The zero-order chi connectivity index (χ0) is 61.3. The van der Waals surface area contributed by atoms with E-state index in [9.17, 15) is 32.7 Å². The Morgan fingerprint density at radius 3 is 1.36 bits per heavy atom. The number of fused-ring (bicyclic) bond motifs is 4. The summed E-state index contributed by atoms with van der Waals surface area (Å²) in [5.74, 6) is -0.990. The highest BCUT2D eigenvalue weighted by molar-refractivity contribution is 7.86. The minimum Gasteiger partial charge on any atom is -0.465 e. The lowest BCUT2D eigenvalue weighted by Crippen LogP contribution is -2.10. The molecule has 0 atom stereocenters. The number of para-hydroxylation sites is 2. The van der Waals surface area contributed by atoms with Crippen molar-refractivity contribution in [2.45, 2.75) is 123 Å². The first-order valence-electron chi connectivity index (χ1n) is 30.4. The van der Waals surface area contributed by atoms with Crippen molar-refractivity contribution in [3.63, 3.8) is 0 Å². The minimum atomic E-state index is -3.59. The molecule has 89 heavy (non-hydrogen) atoms. The van der Waals surface area contributed by atoms with E-state index in [1.54, 1.807) is 6.07 Å². The average Bonchev–Trinajstić information content (AvgIpc) is 1.60. The predicted octanol–water partition coefficient (Wildman–Crippen LogP) is 15.3. The lowest BCUT2D eigenvalue weighted by molar-refractivity contribution is 0.0458. The van der Waals surface area contributed by atoms with Gasteiger partial charge in [-0.2, -0.15) is 8.42 Å². The second-order valence-corrected chi connectivity index (χ2v) is 24.6. The number of aliphatic hydroxyl groups is 1. The maximum atomic E-state index is 13.2. The van der Waals surface area contributed by atoms with Crippen LogP contribution in [0.25, 0.3) is 66.1 Å². The van der Waals surface area contributed by atoms with E-state index < -0.39 is 28.0 Å². The Balaban J connectivity index is 0.000000195. The molecule has 2 fully saturated rings. The van der Waals surface area contributed by atoms with Gasteiger partial charge in [-0.1, -0.05) is 155 Å². The molecular formula is C72H78N4O12S. The van der Waals surface area contributed by atoms with Gasteiger partial charge in [0.25, 0.3) is 10.1 Å². The molecule has 4 heterocycles. The molecule has 4 aromatic heterocycles. The topological polar surface area (TPSA) is 210 Å². The molecule has 0 spiro atoms. The van der Waals surface area contributed by atoms with Crippen LogP contribution in [-0.4, -0.2) is 90.2 Å². The van der Waals surface area contributed by atoms with Crippen LogP contribution in [0.3, 0.4) is 0 Å². The van der Waals surface area contributed by atoms with Gasteiger partial charge < -0.3 is 43.2 Å². The van der Waals surface area contributed by atoms with Gasteiger partial charge in [-0.3, -0.25) is 4.18 Å². The molecule has 12 rings (SSSR count). The zero-order valence-corrected chi connectivity index (χ0v) is 50.8. The van der Waals surface area contributed by atoms with Crippen molar-refractivity contribution in [1.82, 2.24) is 19.1 Å². The van der Waals surface area contributed by atoms with Crippen molar-refractivity contribution in [3.8, 4) is 22.5 Å². The standard InChI is InChI=1S/C36H38N2O7S.C35H36N2O5.CH4/c1-43-35(39)27-17-18-28-31(22-27)38(19-10-20-45-46(2,41)42)34(32(28)25-13-7-4-8-14-25)29-16-9-15-26-21-30(37-33(26)29)36(40)44-23-24-11-5-3-6-12-24;1-41-34(39)26-16-17-27-30(21-26)37(18-9-19-38)33(31(27)24-12-6-3-7-13-24)28-15-8-14-25-20-29(36-32(25)28)35(40)42-22-23-10-4-2-5-11-23;/h3,5-6,9,11-12,15-18,21-22,25,37H,4,7-8,10,13-14,19-20,23H2,1-2H3;2,4-5,8,10-11,14-17,20-21,24,36,38H,3,6-7,9,12-13,18-19,22H2,1H3;1H4. The first kappa shape index (κ1) is 63.3. The molecule has 464 valence electrons. The molecule has 2 saturated carbocycles. The summed E-state index contributed by atoms with van der Waals surface area (Å²) in [6, 6.07) is 46.4. The summed E-state index contributed by atoms with van der Waals surface area (Å²) in [5, 5.41) is 13.8. The largest absolute Gasteiger partial charge is 0.465 e. The maximum absolute atomic E-state index is 13.2. The Morgan fingerprint density at radius 1 is 0.528 bits per heavy atom. The number of esters is 4. The van der Waals surface area contributed by atoms with Crippen molar-refractivity contribution in [1.29, 1.82) is 0 Å². The highest BCUT2D eigenvalue weighted by atomic mass is 32.2. The lowest BCUT2D eigenvalue weighted by atomic mass is 9.81. The molecule has 16 nitrogen and oxygen atoms in total. The van der Waals surface area contributed by atoms with Crippen LogP contribution in [-0.2, 0) is 59.6 Å². The molecular weight excluding hydrogens is 1140 g/mol. The van der Waals surface area contributed by atoms with E-state index >= 15 is 0 Å². The number of H-pyrrole nitrogens is 2. The van der Waals surface area contributed by atoms with Crippen LogP contribution in [0, 0.1) is 0 Å². The van der Waals surface area contributed by atoms with Gasteiger partial charge in [0.1, 0.15) is 24.6 Å². The third-order valence-electron chi connectivity index (χ3n) is 17.1. The lowest BCUT2D eigenvalue weighted by Gasteiger charge is -2.24. The Morgan fingerprint density at radius 2 is 0.955 bits per heavy atom. The van der Waals surface area contributed by atoms with Gasteiger partial charge in [0.15, 0.2) is 0 Å². The molecule has 2 aliphatic rings. The second kappa shape index (κ2) is 28.6. The summed E-state index contributed by atoms with van der Waals surface area (Å²) < 4.78 is 54.3. The molecule has 10 aromatic rings. The molecule has 0 amide bonds. The Hall–Kier alpha value is -8.77. The summed E-state index contributed by atoms with van der Waals surface area (Å²) in [6.45, 7) is 1.48. The fourth-order valence-electron chi connectivity index (χ4n) is 13.1. The average molecular weight is 1220 g/mol. The fourth-order valence-corrected chi connectivity index (χ4v) is 13.5. The number of nitrogens with one attached hydrogen (secondary N) is 2. The highest BCUT2D eigenvalue weighted by Crippen LogP contribution is 2.48. The van der Waals surface area contributed by atoms with Crippen molar-refractivity contribution in [3.05, 3.63) is 190 Å². The van der Waals surface area contributed by atoms with E-state index in [0.29, 0.717) is 60.3 Å². The van der Waals surface area contributed by atoms with E-state index in [1.165, 1.54) is 51.0 Å². The summed E-state index contributed by atoms with van der Waals surface area (Å²) in [4.78, 5) is 58.2. The van der Waals surface area contributed by atoms with Crippen LogP contribution in [0.1, 0.15) is 160 Å². The summed E-state index contributed by atoms with van der Waals surface area (Å²) in [7, 11) is -0.837. The van der Waals surface area contributed by atoms with Crippen LogP contribution in [0.2, 0.25) is 0 Å². The predicted molar refractivity (Wildman–Crippen MR) is 348 cm³/mol. The molecule has 6 aromatic carbocycles. The van der Waals surface area contributed by atoms with Gasteiger partial charge in [-0.15, -0.1) is 0 Å². The van der Waals surface area contributed by atoms with E-state index in [1.807, 2.05) is 133 Å². The van der Waals surface area contributed by atoms with Gasteiger partial charge in [0.2, 0.25) is 0 Å². The van der Waals surface area contributed by atoms with Crippen LogP contribution in [0.4, 0.5) is 0 Å². The first-order valence-corrected chi connectivity index (χ1v) is 32.2. The fraction of sp³-hybridized carbons (Fsp3) is 0.333. The second-order valence-electron chi connectivity index (χ2n) is 22.9. The molecule has 0 aliphatic heterocycles. The minimum absolute atomic E-state index is 0. The monoisotopic (exact) mass is 1220 g/mol. The van der Waals surface area contributed by atoms with Crippen LogP contribution in [0.15, 0.2) is 146 Å². The van der Waals surface area contributed by atoms with E-state index in [-0.39, 0.29) is 39.8 Å². The van der Waals surface area contributed by atoms with E-state index in [0.717, 1.165) is 122 Å². The number of methoxy groups -OCH3 is 2. The number of aryl methyl sites for hydroxylation is 2. The molecule has 17 heteroatoms. The smallest absolute Gasteiger partial charge is 0.355 e. The van der Waals surface area contributed by atoms with Crippen LogP contribution in [0.5, 0.6) is 0 Å². The van der Waals surface area contributed by atoms with Crippen molar-refractivity contribution < 1.29 is 55.8 Å². The number of ether oxygens (including phenoxy) is 4. The quantitative estimate of drug-likeness (QED) is 0.0282. The third kappa shape index (κ3) is 14.1. The van der Waals surface area contributed by atoms with E-state index in [4.69, 9.17) is 23.1 Å². The van der Waals surface area contributed by atoms with Crippen molar-refractivity contribution >= 4 is 77.6 Å². The number of rotatable bonds is 20. The number of hydrogen-bond acceptors (Lipinski definition) is 12. The Bertz CT molecular complexity index is 4260. The summed E-state index contributed by atoms with van der Waals surface area (Å²) in [6.07, 6.45) is 13.4. The highest BCUT2D eigenvalue weighted by Gasteiger charge is 2.31. The number of carbonyl (C=O) groups is 4. The number of carbonyl (C=O) groups excluding carboxylic acids is 4. The van der Waals surface area contributed by atoms with Crippen molar-refractivity contribution in [2.75, 3.05) is 33.7 Å². The Labute approximate surface area is 519 Å². The molecule has 0 unspecified atom stereocenters. The number of aromatic amines is 2. The maximum Gasteiger partial charge on any atom is 0.355 e. The van der Waals surface area contributed by atoms with Gasteiger partial charge >= 0.3 is 23.9 Å². The normalized spacial score (nSPS) is 13.9. The Kier molecular flexibility index (Phi) is 20.3. The molecule has 0 radical (unpaired) electrons. The van der Waals surface area contributed by atoms with Gasteiger partial charge in [-0.25, -0.2) is 19.2 Å². The van der Waals surface area contributed by atoms with Gasteiger partial charge in [0, 0.05) is 63.4 Å². The summed E-state index contributed by atoms with van der Waals surface area (Å²) in [5.41, 5.74) is 13.4. The van der Waals surface area contributed by atoms with Gasteiger partial charge in [-0.05, 0) is 109 Å². The van der Waals surface area contributed by atoms with E-state index in [2.05, 4.69) is 25.2 Å². The molecule has 0 saturated heterocycles. The van der Waals surface area contributed by atoms with Crippen LogP contribution >= 0.6 is 0 Å². The summed E-state index contributed by atoms with van der Waals surface area (Å²) >= 11 is 0. The van der Waals surface area contributed by atoms with Crippen molar-refractivity contribution in [2.24, 2.45) is 0 Å². The number of aliphatic hydroxyl groups excluding tert-OH is 1. The number of benzene rings is 6. The number of nitrogens with zero attached hydrogens (tertiary/aromatic N) is 2. The van der Waals surface area contributed by atoms with Gasteiger partial charge in [0.05, 0.1) is 60.6 Å². The zero-order valence-electron chi connectivity index (χ0n) is 50.0. The SMILES string of the molecule is C.COC(=O)c1ccc2c(C3CCCCC3)c(-c3cccc4cc(C(=O)OCc5ccccc5)[nH]c34)n(CCCO)c2c1.COC(=O)c1ccc2c(C3CCCCC3)c(-c3cccc4cc(C(=O)OCc5ccccc5)[nH]c34)n(CCCOS(C)(=O)=O)c2c1. The molecule has 3 N–H and O–H groups in total. The first-order chi connectivity index (χ1) is 42.8. The number of aromatic nitrogens is 4. The molecule has 0 bridgehead atoms. The molecule has 2 aliphatic carbocycles. The van der Waals surface area contributed by atoms with Crippen LogP contribution < -0.4 is 0 Å². The third-order valence-corrected chi connectivity index (χ3v) is 17.7.